The maximum atomic E-state index is 13.6. The van der Waals surface area contributed by atoms with Gasteiger partial charge in [-0.2, -0.15) is 26.3 Å². The summed E-state index contributed by atoms with van der Waals surface area (Å²) in [5.41, 5.74) is -5.05. The fourth-order valence-electron chi connectivity index (χ4n) is 2.73. The summed E-state index contributed by atoms with van der Waals surface area (Å²) in [5, 5.41) is 15.2. The zero-order valence-corrected chi connectivity index (χ0v) is 17.5. The highest BCUT2D eigenvalue weighted by molar-refractivity contribution is 7.85. The number of halogens is 6. The Kier molecular flexibility index (Phi) is 7.94. The minimum Gasteiger partial charge on any atom is -0.381 e. The second kappa shape index (κ2) is 9.90. The Balaban J connectivity index is 2.13. The Morgan fingerprint density at radius 3 is 2.12 bits per heavy atom. The van der Waals surface area contributed by atoms with Crippen molar-refractivity contribution in [2.45, 2.75) is 24.5 Å². The smallest absolute Gasteiger partial charge is 0.381 e. The number of nitrogens with one attached hydrogen (secondary N) is 2. The zero-order chi connectivity index (χ0) is 24.2. The van der Waals surface area contributed by atoms with Crippen LogP contribution in [0.2, 0.25) is 0 Å². The van der Waals surface area contributed by atoms with E-state index in [1.165, 1.54) is 30.5 Å². The number of amides is 1. The summed E-state index contributed by atoms with van der Waals surface area (Å²) in [6.07, 6.45) is -8.75. The summed E-state index contributed by atoms with van der Waals surface area (Å²) in [4.78, 5) is 11.5. The van der Waals surface area contributed by atoms with Crippen molar-refractivity contribution < 1.29 is 40.5 Å². The SMILES string of the molecule is C[S@@](=O)CC(=O)NCc1ccc(NC[C@](O)(c2cccc(C(F)(F)F)c2)C(F)(F)F)cc1. The average Bonchev–Trinajstić information content (AvgIpc) is 2.69. The molecule has 2 rings (SSSR count). The summed E-state index contributed by atoms with van der Waals surface area (Å²) in [7, 11) is -1.30. The number of anilines is 1. The van der Waals surface area contributed by atoms with Crippen molar-refractivity contribution in [1.82, 2.24) is 5.32 Å². The third kappa shape index (κ3) is 6.70. The van der Waals surface area contributed by atoms with Crippen LogP contribution in [-0.4, -0.2) is 40.0 Å². The molecular weight excluding hydrogens is 462 g/mol. The maximum absolute atomic E-state index is 13.6. The molecular formula is C20H20F6N2O3S. The first-order chi connectivity index (χ1) is 14.7. The highest BCUT2D eigenvalue weighted by atomic mass is 32.2. The largest absolute Gasteiger partial charge is 0.423 e. The molecule has 12 heteroatoms. The third-order valence-electron chi connectivity index (χ3n) is 4.46. The van der Waals surface area contributed by atoms with E-state index in [4.69, 9.17) is 0 Å². The lowest BCUT2D eigenvalue weighted by molar-refractivity contribution is -0.260. The van der Waals surface area contributed by atoms with E-state index >= 15 is 0 Å². The first-order valence-corrected chi connectivity index (χ1v) is 10.8. The van der Waals surface area contributed by atoms with Crippen molar-refractivity contribution in [2.24, 2.45) is 0 Å². The number of benzene rings is 2. The molecule has 2 atom stereocenters. The van der Waals surface area contributed by atoms with Gasteiger partial charge in [0.05, 0.1) is 12.1 Å². The minimum absolute atomic E-state index is 0.104. The van der Waals surface area contributed by atoms with E-state index in [0.717, 1.165) is 12.1 Å². The standard InChI is InChI=1S/C20H20F6N2O3S/c1-32(31)11-17(29)27-10-13-5-7-16(8-6-13)28-12-18(30,20(24,25)26)14-3-2-4-15(9-14)19(21,22)23/h2-9,28,30H,10-12H2,1H3,(H,27,29)/t18-,32+/m0/s1. The Labute approximate surface area is 182 Å². The van der Waals surface area contributed by atoms with E-state index in [9.17, 15) is 40.5 Å². The molecule has 0 fully saturated rings. The highest BCUT2D eigenvalue weighted by Gasteiger charge is 2.55. The van der Waals surface area contributed by atoms with Gasteiger partial charge in [-0.05, 0) is 35.4 Å². The van der Waals surface area contributed by atoms with E-state index in [-0.39, 0.29) is 24.1 Å². The zero-order valence-electron chi connectivity index (χ0n) is 16.7. The van der Waals surface area contributed by atoms with Gasteiger partial charge in [-0.3, -0.25) is 9.00 Å². The summed E-state index contributed by atoms with van der Waals surface area (Å²) >= 11 is 0. The molecule has 176 valence electrons. The molecule has 0 aliphatic heterocycles. The van der Waals surface area contributed by atoms with E-state index in [1.54, 1.807) is 0 Å². The van der Waals surface area contributed by atoms with E-state index in [0.29, 0.717) is 11.6 Å². The second-order valence-corrected chi connectivity index (χ2v) is 8.42. The van der Waals surface area contributed by atoms with Crippen LogP contribution in [0.5, 0.6) is 0 Å². The molecule has 0 bridgehead atoms. The molecule has 0 spiro atoms. The molecule has 2 aromatic rings. The quantitative estimate of drug-likeness (QED) is 0.503. The van der Waals surface area contributed by atoms with Crippen molar-refractivity contribution in [3.8, 4) is 0 Å². The van der Waals surface area contributed by atoms with E-state index in [2.05, 4.69) is 10.6 Å². The highest BCUT2D eigenvalue weighted by Crippen LogP contribution is 2.41. The fraction of sp³-hybridized carbons (Fsp3) is 0.350. The number of hydrogen-bond donors (Lipinski definition) is 3. The van der Waals surface area contributed by atoms with Crippen molar-refractivity contribution >= 4 is 22.4 Å². The van der Waals surface area contributed by atoms with Gasteiger partial charge in [-0.15, -0.1) is 0 Å². The minimum atomic E-state index is -5.26. The Morgan fingerprint density at radius 2 is 1.59 bits per heavy atom. The van der Waals surface area contributed by atoms with Gasteiger partial charge in [-0.25, -0.2) is 0 Å². The Bertz CT molecular complexity index is 963. The predicted molar refractivity (Wildman–Crippen MR) is 107 cm³/mol. The molecule has 0 unspecified atom stereocenters. The van der Waals surface area contributed by atoms with Gasteiger partial charge < -0.3 is 15.7 Å². The van der Waals surface area contributed by atoms with Crippen LogP contribution in [0.4, 0.5) is 32.0 Å². The summed E-state index contributed by atoms with van der Waals surface area (Å²) in [5.74, 6) is -0.588. The molecule has 0 saturated heterocycles. The van der Waals surface area contributed by atoms with Gasteiger partial charge in [-0.1, -0.05) is 24.3 Å². The monoisotopic (exact) mass is 482 g/mol. The Morgan fingerprint density at radius 1 is 1.00 bits per heavy atom. The molecule has 1 amide bonds. The molecule has 0 saturated carbocycles. The molecule has 0 heterocycles. The first kappa shape index (κ1) is 25.7. The van der Waals surface area contributed by atoms with Crippen LogP contribution in [0.1, 0.15) is 16.7 Å². The molecule has 0 aliphatic rings. The molecule has 0 radical (unpaired) electrons. The molecule has 32 heavy (non-hydrogen) atoms. The number of alkyl halides is 6. The van der Waals surface area contributed by atoms with E-state index < -0.39 is 52.3 Å². The third-order valence-corrected chi connectivity index (χ3v) is 5.13. The van der Waals surface area contributed by atoms with Crippen LogP contribution >= 0.6 is 0 Å². The van der Waals surface area contributed by atoms with Crippen molar-refractivity contribution in [1.29, 1.82) is 0 Å². The summed E-state index contributed by atoms with van der Waals surface area (Å²) in [6, 6.07) is 8.24. The van der Waals surface area contributed by atoms with Gasteiger partial charge >= 0.3 is 12.4 Å². The van der Waals surface area contributed by atoms with Gasteiger partial charge in [0.25, 0.3) is 0 Å². The van der Waals surface area contributed by atoms with Gasteiger partial charge in [0.2, 0.25) is 11.5 Å². The number of carbonyl (C=O) groups excluding carboxylic acids is 1. The van der Waals surface area contributed by atoms with Crippen molar-refractivity contribution in [3.63, 3.8) is 0 Å². The van der Waals surface area contributed by atoms with Crippen LogP contribution in [0, 0.1) is 0 Å². The lowest BCUT2D eigenvalue weighted by Crippen LogP contribution is -2.47. The summed E-state index contributed by atoms with van der Waals surface area (Å²) in [6.45, 7) is -1.02. The van der Waals surface area contributed by atoms with Gasteiger partial charge in [0, 0.05) is 29.3 Å². The number of rotatable bonds is 8. The second-order valence-electron chi connectivity index (χ2n) is 6.98. The molecule has 0 aromatic heterocycles. The van der Waals surface area contributed by atoms with Crippen molar-refractivity contribution in [3.05, 3.63) is 65.2 Å². The topological polar surface area (TPSA) is 78.4 Å². The van der Waals surface area contributed by atoms with Gasteiger partial charge in [0.1, 0.15) is 5.75 Å². The van der Waals surface area contributed by atoms with Crippen LogP contribution < -0.4 is 10.6 Å². The number of hydrogen-bond acceptors (Lipinski definition) is 4. The first-order valence-electron chi connectivity index (χ1n) is 9.09. The van der Waals surface area contributed by atoms with Crippen LogP contribution in [0.3, 0.4) is 0 Å². The average molecular weight is 482 g/mol. The lowest BCUT2D eigenvalue weighted by atomic mass is 9.91. The summed E-state index contributed by atoms with van der Waals surface area (Å²) < 4.78 is 90.5. The van der Waals surface area contributed by atoms with E-state index in [1.807, 2.05) is 0 Å². The van der Waals surface area contributed by atoms with Crippen molar-refractivity contribution in [2.75, 3.05) is 23.9 Å². The molecule has 2 aromatic carbocycles. The number of carbonyl (C=O) groups is 1. The van der Waals surface area contributed by atoms with Crippen LogP contribution in [0.15, 0.2) is 48.5 Å². The van der Waals surface area contributed by atoms with Crippen LogP contribution in [0.25, 0.3) is 0 Å². The molecule has 0 aliphatic carbocycles. The molecule has 5 nitrogen and oxygen atoms in total. The Hall–Kier alpha value is -2.60. The van der Waals surface area contributed by atoms with Crippen LogP contribution in [-0.2, 0) is 33.9 Å². The fourth-order valence-corrected chi connectivity index (χ4v) is 3.20. The molecule has 3 N–H and O–H groups in total. The lowest BCUT2D eigenvalue weighted by Gasteiger charge is -2.32. The maximum Gasteiger partial charge on any atom is 0.423 e. The normalized spacial score (nSPS) is 15.0. The number of aliphatic hydroxyl groups is 1. The predicted octanol–water partition coefficient (Wildman–Crippen LogP) is 3.56. The van der Waals surface area contributed by atoms with Gasteiger partial charge in [0.15, 0.2) is 0 Å².